The van der Waals surface area contributed by atoms with E-state index in [1.54, 1.807) is 19.2 Å². The van der Waals surface area contributed by atoms with Crippen LogP contribution in [0.25, 0.3) is 0 Å². The van der Waals surface area contributed by atoms with Crippen LogP contribution < -0.4 is 0 Å². The largest absolute Gasteiger partial charge is 0.395 e. The summed E-state index contributed by atoms with van der Waals surface area (Å²) in [5.74, 6) is 0.530. The Labute approximate surface area is 133 Å². The Kier molecular flexibility index (Phi) is 5.60. The predicted octanol–water partition coefficient (Wildman–Crippen LogP) is 1.66. The molecular formula is C16H25NO4S. The zero-order valence-corrected chi connectivity index (χ0v) is 14.2. The van der Waals surface area contributed by atoms with E-state index in [1.165, 1.54) is 4.31 Å². The van der Waals surface area contributed by atoms with E-state index >= 15 is 0 Å². The highest BCUT2D eigenvalue weighted by atomic mass is 32.2. The van der Waals surface area contributed by atoms with Crippen LogP contribution in [0, 0.1) is 5.92 Å². The zero-order valence-electron chi connectivity index (χ0n) is 13.4. The van der Waals surface area contributed by atoms with Gasteiger partial charge in [-0.05, 0) is 36.5 Å². The Morgan fingerprint density at radius 3 is 2.45 bits per heavy atom. The highest BCUT2D eigenvalue weighted by Gasteiger charge is 2.39. The Hall–Kier alpha value is -0.950. The molecule has 0 aromatic heterocycles. The van der Waals surface area contributed by atoms with E-state index in [1.807, 2.05) is 12.1 Å². The summed E-state index contributed by atoms with van der Waals surface area (Å²) in [4.78, 5) is 0.273. The molecule has 1 aliphatic rings. The topological polar surface area (TPSA) is 66.8 Å². The van der Waals surface area contributed by atoms with E-state index in [0.717, 1.165) is 12.0 Å². The molecule has 1 heterocycles. The second kappa shape index (κ2) is 7.08. The highest BCUT2D eigenvalue weighted by Crippen LogP contribution is 2.27. The molecule has 0 unspecified atom stereocenters. The van der Waals surface area contributed by atoms with Crippen LogP contribution in [0.15, 0.2) is 29.2 Å². The lowest BCUT2D eigenvalue weighted by Gasteiger charge is -2.22. The highest BCUT2D eigenvalue weighted by molar-refractivity contribution is 7.89. The van der Waals surface area contributed by atoms with E-state index in [0.29, 0.717) is 12.3 Å². The van der Waals surface area contributed by atoms with Crippen molar-refractivity contribution in [3.8, 4) is 0 Å². The number of methoxy groups -OCH3 is 1. The van der Waals surface area contributed by atoms with Gasteiger partial charge < -0.3 is 9.84 Å². The van der Waals surface area contributed by atoms with Crippen LogP contribution in [-0.2, 0) is 21.2 Å². The lowest BCUT2D eigenvalue weighted by molar-refractivity contribution is 0.113. The van der Waals surface area contributed by atoms with Crippen molar-refractivity contribution in [2.45, 2.75) is 43.7 Å². The second-order valence-electron chi connectivity index (χ2n) is 6.25. The smallest absolute Gasteiger partial charge is 0.243 e. The molecule has 0 radical (unpaired) electrons. The van der Waals surface area contributed by atoms with Crippen LogP contribution >= 0.6 is 0 Å². The van der Waals surface area contributed by atoms with Crippen molar-refractivity contribution in [2.75, 3.05) is 20.3 Å². The molecule has 1 aromatic carbocycles. The normalized spacial score (nSPS) is 23.3. The number of hydrogen-bond acceptors (Lipinski definition) is 4. The van der Waals surface area contributed by atoms with E-state index in [9.17, 15) is 13.5 Å². The van der Waals surface area contributed by atoms with Crippen molar-refractivity contribution in [1.82, 2.24) is 4.31 Å². The van der Waals surface area contributed by atoms with E-state index in [2.05, 4.69) is 13.8 Å². The molecule has 6 heteroatoms. The summed E-state index contributed by atoms with van der Waals surface area (Å²) in [5.41, 5.74) is 1.13. The molecule has 1 aliphatic heterocycles. The maximum atomic E-state index is 12.8. The molecular weight excluding hydrogens is 302 g/mol. The summed E-state index contributed by atoms with van der Waals surface area (Å²) >= 11 is 0. The van der Waals surface area contributed by atoms with Crippen molar-refractivity contribution in [2.24, 2.45) is 5.92 Å². The third kappa shape index (κ3) is 3.68. The van der Waals surface area contributed by atoms with Gasteiger partial charge in [-0.2, -0.15) is 4.31 Å². The van der Waals surface area contributed by atoms with Crippen molar-refractivity contribution in [3.63, 3.8) is 0 Å². The fourth-order valence-electron chi connectivity index (χ4n) is 2.88. The third-order valence-electron chi connectivity index (χ3n) is 4.04. The van der Waals surface area contributed by atoms with E-state index < -0.39 is 16.1 Å². The van der Waals surface area contributed by atoms with Crippen molar-refractivity contribution in [3.05, 3.63) is 29.8 Å². The van der Waals surface area contributed by atoms with Gasteiger partial charge in [0.2, 0.25) is 10.0 Å². The SMILES string of the molecule is CO[C@H]1C[C@@H](CO)N(S(=O)(=O)c2ccc(CC(C)C)cc2)C1. The first-order chi connectivity index (χ1) is 10.4. The molecule has 0 spiro atoms. The van der Waals surface area contributed by atoms with Gasteiger partial charge >= 0.3 is 0 Å². The van der Waals surface area contributed by atoms with Crippen LogP contribution in [0.4, 0.5) is 0 Å². The lowest BCUT2D eigenvalue weighted by atomic mass is 10.0. The quantitative estimate of drug-likeness (QED) is 0.863. The summed E-state index contributed by atoms with van der Waals surface area (Å²) in [6.07, 6.45) is 1.29. The first kappa shape index (κ1) is 17.4. The average molecular weight is 327 g/mol. The van der Waals surface area contributed by atoms with Gasteiger partial charge in [0.05, 0.1) is 23.6 Å². The number of aliphatic hydroxyl groups is 1. The summed E-state index contributed by atoms with van der Waals surface area (Å²) in [5, 5.41) is 9.44. The maximum absolute atomic E-state index is 12.8. The van der Waals surface area contributed by atoms with E-state index in [-0.39, 0.29) is 24.2 Å². The number of rotatable bonds is 6. The molecule has 1 N–H and O–H groups in total. The lowest BCUT2D eigenvalue weighted by Crippen LogP contribution is -2.38. The van der Waals surface area contributed by atoms with Crippen molar-refractivity contribution in [1.29, 1.82) is 0 Å². The molecule has 1 saturated heterocycles. The van der Waals surface area contributed by atoms with Gasteiger partial charge in [-0.25, -0.2) is 8.42 Å². The Bertz CT molecular complexity index is 583. The number of sulfonamides is 1. The first-order valence-electron chi connectivity index (χ1n) is 7.63. The monoisotopic (exact) mass is 327 g/mol. The number of benzene rings is 1. The number of ether oxygens (including phenoxy) is 1. The molecule has 5 nitrogen and oxygen atoms in total. The molecule has 0 saturated carbocycles. The average Bonchev–Trinajstić information content (AvgIpc) is 2.91. The zero-order chi connectivity index (χ0) is 16.3. The molecule has 0 amide bonds. The molecule has 2 rings (SSSR count). The minimum absolute atomic E-state index is 0.160. The molecule has 124 valence electrons. The van der Waals surface area contributed by atoms with Gasteiger partial charge in [0, 0.05) is 13.7 Å². The standard InChI is InChI=1S/C16H25NO4S/c1-12(2)8-13-4-6-16(7-5-13)22(19,20)17-10-15(21-3)9-14(17)11-18/h4-7,12,14-15,18H,8-11H2,1-3H3/t14-,15-/m0/s1. The molecule has 0 bridgehead atoms. The predicted molar refractivity (Wildman–Crippen MR) is 85.2 cm³/mol. The molecule has 1 aromatic rings. The van der Waals surface area contributed by atoms with Crippen LogP contribution in [0.3, 0.4) is 0 Å². The molecule has 22 heavy (non-hydrogen) atoms. The molecule has 2 atom stereocenters. The fraction of sp³-hybridized carbons (Fsp3) is 0.625. The van der Waals surface area contributed by atoms with Crippen molar-refractivity contribution < 1.29 is 18.3 Å². The number of nitrogens with zero attached hydrogens (tertiary/aromatic N) is 1. The van der Waals surface area contributed by atoms with Crippen LogP contribution in [-0.4, -0.2) is 50.2 Å². The van der Waals surface area contributed by atoms with Gasteiger partial charge in [-0.3, -0.25) is 0 Å². The number of aliphatic hydroxyl groups excluding tert-OH is 1. The van der Waals surface area contributed by atoms with Gasteiger partial charge in [0.25, 0.3) is 0 Å². The van der Waals surface area contributed by atoms with Crippen LogP contribution in [0.5, 0.6) is 0 Å². The van der Waals surface area contributed by atoms with Crippen LogP contribution in [0.2, 0.25) is 0 Å². The third-order valence-corrected chi connectivity index (χ3v) is 5.98. The van der Waals surface area contributed by atoms with Gasteiger partial charge in [0.15, 0.2) is 0 Å². The second-order valence-corrected chi connectivity index (χ2v) is 8.14. The minimum atomic E-state index is -3.59. The molecule has 1 fully saturated rings. The summed E-state index contributed by atoms with van der Waals surface area (Å²) in [7, 11) is -2.03. The molecule has 0 aliphatic carbocycles. The maximum Gasteiger partial charge on any atom is 0.243 e. The van der Waals surface area contributed by atoms with E-state index in [4.69, 9.17) is 4.74 Å². The first-order valence-corrected chi connectivity index (χ1v) is 9.07. The van der Waals surface area contributed by atoms with Gasteiger partial charge in [0.1, 0.15) is 0 Å². The van der Waals surface area contributed by atoms with Crippen LogP contribution in [0.1, 0.15) is 25.8 Å². The van der Waals surface area contributed by atoms with Gasteiger partial charge in [-0.1, -0.05) is 26.0 Å². The summed E-state index contributed by atoms with van der Waals surface area (Å²) in [6, 6.07) is 6.63. The number of hydrogen-bond donors (Lipinski definition) is 1. The van der Waals surface area contributed by atoms with Gasteiger partial charge in [-0.15, -0.1) is 0 Å². The Balaban J connectivity index is 2.22. The Morgan fingerprint density at radius 2 is 1.95 bits per heavy atom. The fourth-order valence-corrected chi connectivity index (χ4v) is 4.54. The summed E-state index contributed by atoms with van der Waals surface area (Å²) < 4.78 is 32.1. The Morgan fingerprint density at radius 1 is 1.32 bits per heavy atom. The summed E-state index contributed by atoms with van der Waals surface area (Å²) in [6.45, 7) is 4.36. The minimum Gasteiger partial charge on any atom is -0.395 e. The van der Waals surface area contributed by atoms with Crippen molar-refractivity contribution >= 4 is 10.0 Å².